The number of carbonyl (C=O) groups is 5. The maximum absolute atomic E-state index is 14.1. The van der Waals surface area contributed by atoms with Crippen molar-refractivity contribution in [1.82, 2.24) is 24.9 Å². The number of rotatable bonds is 11. The molecule has 0 aliphatic heterocycles. The number of aliphatic hydroxyl groups is 5. The van der Waals surface area contributed by atoms with Gasteiger partial charge in [-0.3, -0.25) is 48.9 Å². The third kappa shape index (κ3) is 43.2. The number of para-hydroxylation sites is 2. The van der Waals surface area contributed by atoms with Crippen LogP contribution in [0.5, 0.6) is 0 Å². The van der Waals surface area contributed by atoms with Gasteiger partial charge in [-0.05, 0) is 206 Å². The van der Waals surface area contributed by atoms with E-state index in [2.05, 4.69) is 300 Å². The van der Waals surface area contributed by atoms with Gasteiger partial charge in [0.2, 0.25) is 0 Å². The van der Waals surface area contributed by atoms with Crippen molar-refractivity contribution in [3.8, 4) is 67.4 Å². The van der Waals surface area contributed by atoms with E-state index in [1.54, 1.807) is 6.07 Å². The van der Waals surface area contributed by atoms with Crippen LogP contribution in [-0.2, 0) is 124 Å². The number of benzene rings is 11. The molecule has 0 atom stereocenters. The first-order chi connectivity index (χ1) is 63.8. The molecular weight excluding hydrogens is 2640 g/mol. The minimum atomic E-state index is -0.242. The monoisotopic (exact) mass is 2760 g/mol. The minimum absolute atomic E-state index is 0. The number of halogens is 1. The van der Waals surface area contributed by atoms with E-state index in [4.69, 9.17) is 45.5 Å². The SMILES string of the molecule is CC(=O)C=C(C)O.CC(=O)C=C(C)O.CC(=O)C=C(C)O.CC(=O)C=C(C)O.CC(=O)C=C(C)O.Cc1[c-]c(-c2cc(C)c3ccccc3n2)cc(C)c1.Cc1[c-]c(-c2cc(F)c3ccccc3n2)cc(C)c1.Cc1[c-]c(-c2ccc3c(C)cccc3n2)cc(C)c1.Cc1[c-]c(-c2ccc3cc(-c4ccccc4)ccc3n2)cc(C)c1.Cc1[c-]c(-c2ccc3ccc(C)cc3n2)cc(C)c1.[Ir].[Ir].[Ir].[Ir].[Ir]. The minimum Gasteiger partial charge on any atom is -0.512 e. The van der Waals surface area contributed by atoms with Crippen LogP contribution in [0, 0.1) is 126 Å². The molecule has 0 unspecified atom stereocenters. The molecule has 0 bridgehead atoms. The Balaban J connectivity index is 0.000000542. The summed E-state index contributed by atoms with van der Waals surface area (Å²) in [6.07, 6.45) is 5.83. The van der Waals surface area contributed by atoms with Crippen molar-refractivity contribution in [3.05, 3.63) is 410 Å². The van der Waals surface area contributed by atoms with E-state index in [0.29, 0.717) is 16.6 Å². The molecule has 16 aromatic rings. The quantitative estimate of drug-likeness (QED) is 0.0459. The fourth-order valence-electron chi connectivity index (χ4n) is 14.3. The van der Waals surface area contributed by atoms with E-state index in [9.17, 15) is 28.4 Å². The maximum atomic E-state index is 14.1. The Morgan fingerprint density at radius 1 is 0.243 bits per heavy atom. The third-order valence-electron chi connectivity index (χ3n) is 19.4. The van der Waals surface area contributed by atoms with Crippen LogP contribution in [0.2, 0.25) is 0 Å². The fourth-order valence-corrected chi connectivity index (χ4v) is 14.3. The Bertz CT molecular complexity index is 6620. The van der Waals surface area contributed by atoms with Crippen LogP contribution in [0.15, 0.2) is 302 Å². The van der Waals surface area contributed by atoms with Gasteiger partial charge in [0.05, 0.1) is 56.4 Å². The molecule has 15 nitrogen and oxygen atoms in total. The number of ketones is 5. The molecule has 737 valence electrons. The van der Waals surface area contributed by atoms with Gasteiger partial charge < -0.3 is 25.5 Å². The molecule has 5 aromatic heterocycles. The summed E-state index contributed by atoms with van der Waals surface area (Å²) in [7, 11) is 0. The smallest absolute Gasteiger partial charge is 0.155 e. The van der Waals surface area contributed by atoms with Gasteiger partial charge in [-0.25, -0.2) is 4.39 Å². The molecule has 0 fully saturated rings. The average molecular weight is 2760 g/mol. The Morgan fingerprint density at radius 2 is 0.543 bits per heavy atom. The zero-order valence-electron chi connectivity index (χ0n) is 83.0. The molecule has 0 spiro atoms. The predicted molar refractivity (Wildman–Crippen MR) is 552 cm³/mol. The summed E-state index contributed by atoms with van der Waals surface area (Å²) in [6, 6.07) is 99.2. The summed E-state index contributed by atoms with van der Waals surface area (Å²) in [5.41, 5.74) is 32.5. The first kappa shape index (κ1) is 124. The first-order valence-electron chi connectivity index (χ1n) is 43.9. The standard InChI is InChI=1S/C23H18N.3C18H16N.C17H13FN.5C5H8O2.5Ir/c1-16-12-17(2)14-21(13-16)23-11-9-20-15-19(8-10-22(20)24-23)18-6-4-3-5-7-18;1-12-4-5-15-6-7-17(19-18(15)11-12)16-9-13(2)8-14(3)10-16;1-12-9-13(2)11-15(10-12)17-8-7-16-14(3)5-4-6-18(16)19-17;1-12-8-13(2)10-15(9-12)18-11-14(3)16-6-4-5-7-17(16)19-18;1-11-7-12(2)9-13(8-11)17-10-15(18)14-5-3-4-6-16(14)19-17;5*1-4(6)3-5(2)7;;;;;/h3-13,15H,1-2H3;4-9,11H,1-3H3;4-10H,1-3H3;4-9,11H,1-3H3;3-8,10H,1-2H3;5*3,6H,1-2H3;;;;;/q5*-1;;;;;;;;;;. The topological polar surface area (TPSA) is 251 Å². The van der Waals surface area contributed by atoms with Crippen molar-refractivity contribution in [2.24, 2.45) is 0 Å². The van der Waals surface area contributed by atoms with Gasteiger partial charge >= 0.3 is 0 Å². The van der Waals surface area contributed by atoms with Crippen LogP contribution >= 0.6 is 0 Å². The molecule has 0 aliphatic carbocycles. The summed E-state index contributed by atoms with van der Waals surface area (Å²) < 4.78 is 14.1. The zero-order chi connectivity index (χ0) is 99.4. The third-order valence-corrected chi connectivity index (χ3v) is 19.4. The van der Waals surface area contributed by atoms with Crippen molar-refractivity contribution in [1.29, 1.82) is 0 Å². The largest absolute Gasteiger partial charge is 0.512 e. The summed E-state index contributed by atoms with van der Waals surface area (Å²) >= 11 is 0. The van der Waals surface area contributed by atoms with E-state index >= 15 is 0 Å². The number of pyridine rings is 5. The molecular formula is C119H119FIr5N5O10-5. The number of hydrogen-bond acceptors (Lipinski definition) is 15. The number of fused-ring (bicyclic) bond motifs is 5. The van der Waals surface area contributed by atoms with Crippen molar-refractivity contribution in [3.63, 3.8) is 0 Å². The number of allylic oxidation sites excluding steroid dienone is 10. The first-order valence-corrected chi connectivity index (χ1v) is 43.9. The molecule has 5 radical (unpaired) electrons. The summed E-state index contributed by atoms with van der Waals surface area (Å²) in [4.78, 5) is 73.7. The summed E-state index contributed by atoms with van der Waals surface area (Å²) in [5.74, 6) is -0.555. The van der Waals surface area contributed by atoms with Gasteiger partial charge in [-0.2, -0.15) is 0 Å². The van der Waals surface area contributed by atoms with Gasteiger partial charge in [0.15, 0.2) is 28.9 Å². The molecule has 0 saturated carbocycles. The van der Waals surface area contributed by atoms with Crippen molar-refractivity contribution >= 4 is 83.4 Å². The van der Waals surface area contributed by atoms with E-state index in [1.165, 1.54) is 172 Å². The normalized spacial score (nSPS) is 10.6. The average Bonchev–Trinajstić information content (AvgIpc) is 0.768. The fraction of sp³-hybridized carbons (Fsp3) is 0.193. The second-order valence-electron chi connectivity index (χ2n) is 33.3. The second kappa shape index (κ2) is 61.3. The Labute approximate surface area is 891 Å². The Morgan fingerprint density at radius 3 is 0.914 bits per heavy atom. The Hall–Kier alpha value is -12.3. The van der Waals surface area contributed by atoms with E-state index in [-0.39, 0.29) is 164 Å². The number of hydrogen-bond donors (Lipinski definition) is 5. The molecule has 11 aromatic carbocycles. The van der Waals surface area contributed by atoms with Gasteiger partial charge in [0, 0.05) is 147 Å². The number of nitrogens with zero attached hydrogens (tertiary/aromatic N) is 5. The van der Waals surface area contributed by atoms with E-state index in [1.807, 2.05) is 56.3 Å². The molecule has 5 N–H and O–H groups in total. The number of carbonyl (C=O) groups excluding carboxylic acids is 5. The van der Waals surface area contributed by atoms with Gasteiger partial charge in [0.25, 0.3) is 0 Å². The predicted octanol–water partition coefficient (Wildman–Crippen LogP) is 29.5. The number of aromatic nitrogens is 5. The van der Waals surface area contributed by atoms with Crippen LogP contribution < -0.4 is 0 Å². The summed E-state index contributed by atoms with van der Waals surface area (Å²) in [5, 5.41) is 47.1. The molecule has 0 amide bonds. The van der Waals surface area contributed by atoms with Crippen molar-refractivity contribution in [2.45, 2.75) is 159 Å². The number of aryl methyl sites for hydroxylation is 13. The summed E-state index contributed by atoms with van der Waals surface area (Å²) in [6.45, 7) is 41.3. The zero-order valence-corrected chi connectivity index (χ0v) is 95.0. The second-order valence-corrected chi connectivity index (χ2v) is 33.3. The van der Waals surface area contributed by atoms with Crippen molar-refractivity contribution in [2.75, 3.05) is 0 Å². The van der Waals surface area contributed by atoms with Gasteiger partial charge in [-0.15, -0.1) is 174 Å². The molecule has 16 rings (SSSR count). The van der Waals surface area contributed by atoms with Crippen LogP contribution in [0.1, 0.15) is 142 Å². The van der Waals surface area contributed by atoms with E-state index < -0.39 is 0 Å². The van der Waals surface area contributed by atoms with Crippen molar-refractivity contribution < 1.29 is 154 Å². The molecule has 140 heavy (non-hydrogen) atoms. The molecule has 0 aliphatic rings. The molecule has 21 heteroatoms. The van der Waals surface area contributed by atoms with Gasteiger partial charge in [-0.1, -0.05) is 203 Å². The Kier molecular flexibility index (Phi) is 54.2. The van der Waals surface area contributed by atoms with E-state index in [0.717, 1.165) is 111 Å². The molecule has 5 heterocycles. The van der Waals surface area contributed by atoms with Crippen LogP contribution in [-0.4, -0.2) is 79.4 Å². The van der Waals surface area contributed by atoms with Crippen LogP contribution in [0.4, 0.5) is 4.39 Å². The number of aliphatic hydroxyl groups excluding tert-OH is 5. The van der Waals surface area contributed by atoms with Gasteiger partial charge in [0.1, 0.15) is 5.82 Å². The van der Waals surface area contributed by atoms with Crippen LogP contribution in [0.3, 0.4) is 0 Å². The maximum Gasteiger partial charge on any atom is 0.155 e. The van der Waals surface area contributed by atoms with Crippen LogP contribution in [0.25, 0.3) is 122 Å². The molecule has 0 saturated heterocycles.